The molecular formula is C20H22N2OS. The van der Waals surface area contributed by atoms with Crippen molar-refractivity contribution in [3.8, 4) is 0 Å². The normalized spacial score (nSPS) is 11.7. The zero-order valence-corrected chi connectivity index (χ0v) is 15.4. The topological polar surface area (TPSA) is 33.2 Å². The molecule has 24 heavy (non-hydrogen) atoms. The van der Waals surface area contributed by atoms with Crippen molar-refractivity contribution in [3.05, 3.63) is 59.7 Å². The second kappa shape index (κ2) is 6.36. The maximum atomic E-state index is 12.9. The van der Waals surface area contributed by atoms with Crippen LogP contribution in [0.1, 0.15) is 43.6 Å². The SMILES string of the molecule is CCN(C(=O)c1ccc(C(C)(C)C)cc1)c1nc2ccccc2s1. The van der Waals surface area contributed by atoms with E-state index in [4.69, 9.17) is 0 Å². The van der Waals surface area contributed by atoms with E-state index in [1.54, 1.807) is 16.2 Å². The molecule has 0 aliphatic carbocycles. The van der Waals surface area contributed by atoms with Gasteiger partial charge < -0.3 is 0 Å². The van der Waals surface area contributed by atoms with Crippen LogP contribution in [0.25, 0.3) is 10.2 Å². The minimum Gasteiger partial charge on any atom is -0.284 e. The highest BCUT2D eigenvalue weighted by atomic mass is 32.1. The van der Waals surface area contributed by atoms with E-state index >= 15 is 0 Å². The summed E-state index contributed by atoms with van der Waals surface area (Å²) in [5.74, 6) is -0.00276. The summed E-state index contributed by atoms with van der Waals surface area (Å²) in [6.07, 6.45) is 0. The fraction of sp³-hybridized carbons (Fsp3) is 0.300. The molecule has 2 aromatic carbocycles. The van der Waals surface area contributed by atoms with Gasteiger partial charge in [-0.25, -0.2) is 4.98 Å². The van der Waals surface area contributed by atoms with Crippen molar-refractivity contribution in [2.75, 3.05) is 11.4 Å². The lowest BCUT2D eigenvalue weighted by molar-refractivity contribution is 0.0988. The van der Waals surface area contributed by atoms with E-state index < -0.39 is 0 Å². The number of aromatic nitrogens is 1. The molecule has 0 saturated heterocycles. The van der Waals surface area contributed by atoms with Crippen LogP contribution < -0.4 is 4.90 Å². The van der Waals surface area contributed by atoms with Gasteiger partial charge in [-0.3, -0.25) is 9.69 Å². The van der Waals surface area contributed by atoms with Crippen molar-refractivity contribution in [2.24, 2.45) is 0 Å². The summed E-state index contributed by atoms with van der Waals surface area (Å²) in [7, 11) is 0. The fourth-order valence-corrected chi connectivity index (χ4v) is 3.64. The molecule has 3 rings (SSSR count). The highest BCUT2D eigenvalue weighted by Crippen LogP contribution is 2.30. The molecule has 0 bridgehead atoms. The summed E-state index contributed by atoms with van der Waals surface area (Å²) < 4.78 is 1.10. The van der Waals surface area contributed by atoms with Crippen LogP contribution in [0, 0.1) is 0 Å². The number of carbonyl (C=O) groups excluding carboxylic acids is 1. The Hall–Kier alpha value is -2.20. The van der Waals surface area contributed by atoms with E-state index in [1.165, 1.54) is 5.56 Å². The van der Waals surface area contributed by atoms with Gasteiger partial charge >= 0.3 is 0 Å². The second-order valence-corrected chi connectivity index (χ2v) is 7.85. The van der Waals surface area contributed by atoms with Crippen molar-refractivity contribution in [2.45, 2.75) is 33.1 Å². The largest absolute Gasteiger partial charge is 0.284 e. The number of carbonyl (C=O) groups is 1. The Kier molecular flexibility index (Phi) is 4.41. The average molecular weight is 338 g/mol. The van der Waals surface area contributed by atoms with Crippen molar-refractivity contribution in [1.29, 1.82) is 0 Å². The van der Waals surface area contributed by atoms with Crippen LogP contribution in [0.2, 0.25) is 0 Å². The quantitative estimate of drug-likeness (QED) is 0.652. The lowest BCUT2D eigenvalue weighted by Crippen LogP contribution is -2.30. The third kappa shape index (κ3) is 3.20. The molecule has 0 saturated carbocycles. The minimum atomic E-state index is -0.00276. The minimum absolute atomic E-state index is 0.00276. The zero-order chi connectivity index (χ0) is 17.3. The standard InChI is InChI=1S/C20H22N2OS/c1-5-22(19-21-16-8-6-7-9-17(16)24-19)18(23)14-10-12-15(13-11-14)20(2,3)4/h6-13H,5H2,1-4H3. The van der Waals surface area contributed by atoms with Crippen LogP contribution in [0.15, 0.2) is 48.5 Å². The van der Waals surface area contributed by atoms with Gasteiger partial charge in [0.15, 0.2) is 5.13 Å². The Labute approximate surface area is 147 Å². The molecule has 1 heterocycles. The lowest BCUT2D eigenvalue weighted by atomic mass is 9.86. The molecule has 4 heteroatoms. The average Bonchev–Trinajstić information content (AvgIpc) is 2.98. The van der Waals surface area contributed by atoms with Crippen LogP contribution in [-0.4, -0.2) is 17.4 Å². The third-order valence-electron chi connectivity index (χ3n) is 4.07. The van der Waals surface area contributed by atoms with Crippen LogP contribution in [0.4, 0.5) is 5.13 Å². The first kappa shape index (κ1) is 16.7. The predicted molar refractivity (Wildman–Crippen MR) is 102 cm³/mol. The summed E-state index contributed by atoms with van der Waals surface area (Å²) in [4.78, 5) is 19.3. The molecule has 0 atom stereocenters. The molecule has 1 aromatic heterocycles. The van der Waals surface area contributed by atoms with Gasteiger partial charge in [0, 0.05) is 12.1 Å². The van der Waals surface area contributed by atoms with Gasteiger partial charge in [0.05, 0.1) is 10.2 Å². The molecule has 0 unspecified atom stereocenters. The van der Waals surface area contributed by atoms with E-state index in [0.717, 1.165) is 15.3 Å². The molecule has 0 fully saturated rings. The number of amides is 1. The van der Waals surface area contributed by atoms with Gasteiger partial charge in [-0.1, -0.05) is 56.4 Å². The maximum absolute atomic E-state index is 12.9. The summed E-state index contributed by atoms with van der Waals surface area (Å²) in [5, 5.41) is 0.753. The van der Waals surface area contributed by atoms with Crippen LogP contribution in [-0.2, 0) is 5.41 Å². The van der Waals surface area contributed by atoms with Gasteiger partial charge in [0.1, 0.15) is 0 Å². The molecule has 3 aromatic rings. The molecule has 0 aliphatic rings. The number of hydrogen-bond donors (Lipinski definition) is 0. The number of rotatable bonds is 3. The summed E-state index contributed by atoms with van der Waals surface area (Å²) in [6, 6.07) is 15.9. The number of thiazole rings is 1. The number of para-hydroxylation sites is 1. The van der Waals surface area contributed by atoms with E-state index in [9.17, 15) is 4.79 Å². The number of hydrogen-bond acceptors (Lipinski definition) is 3. The van der Waals surface area contributed by atoms with E-state index in [2.05, 4.69) is 25.8 Å². The smallest absolute Gasteiger partial charge is 0.260 e. The predicted octanol–water partition coefficient (Wildman–Crippen LogP) is 5.26. The summed E-state index contributed by atoms with van der Waals surface area (Å²) >= 11 is 1.55. The van der Waals surface area contributed by atoms with Gasteiger partial charge in [-0.15, -0.1) is 0 Å². The summed E-state index contributed by atoms with van der Waals surface area (Å²) in [5.41, 5.74) is 2.94. The summed E-state index contributed by atoms with van der Waals surface area (Å²) in [6.45, 7) is 9.09. The number of anilines is 1. The van der Waals surface area contributed by atoms with Crippen molar-refractivity contribution >= 4 is 32.6 Å². The highest BCUT2D eigenvalue weighted by molar-refractivity contribution is 7.22. The first-order chi connectivity index (χ1) is 11.4. The fourth-order valence-electron chi connectivity index (χ4n) is 2.61. The van der Waals surface area contributed by atoms with Gasteiger partial charge in [-0.2, -0.15) is 0 Å². The number of benzene rings is 2. The second-order valence-electron chi connectivity index (χ2n) is 6.84. The third-order valence-corrected chi connectivity index (χ3v) is 5.13. The number of fused-ring (bicyclic) bond motifs is 1. The molecule has 124 valence electrons. The molecule has 0 N–H and O–H groups in total. The number of nitrogens with zero attached hydrogens (tertiary/aromatic N) is 2. The highest BCUT2D eigenvalue weighted by Gasteiger charge is 2.20. The van der Waals surface area contributed by atoms with Crippen molar-refractivity contribution < 1.29 is 4.79 Å². The Morgan fingerprint density at radius 1 is 1.08 bits per heavy atom. The molecule has 0 spiro atoms. The van der Waals surface area contributed by atoms with Gasteiger partial charge in [0.25, 0.3) is 5.91 Å². The molecule has 3 nitrogen and oxygen atoms in total. The monoisotopic (exact) mass is 338 g/mol. The van der Waals surface area contributed by atoms with E-state index in [-0.39, 0.29) is 11.3 Å². The molecular weight excluding hydrogens is 316 g/mol. The van der Waals surface area contributed by atoms with Crippen LogP contribution in [0.5, 0.6) is 0 Å². The Bertz CT molecular complexity index is 826. The van der Waals surface area contributed by atoms with Crippen molar-refractivity contribution in [3.63, 3.8) is 0 Å². The van der Waals surface area contributed by atoms with E-state index in [0.29, 0.717) is 12.1 Å². The first-order valence-electron chi connectivity index (χ1n) is 8.18. The molecule has 1 amide bonds. The van der Waals surface area contributed by atoms with Gasteiger partial charge in [-0.05, 0) is 42.2 Å². The Balaban J connectivity index is 1.91. The Morgan fingerprint density at radius 3 is 2.33 bits per heavy atom. The Morgan fingerprint density at radius 2 is 1.75 bits per heavy atom. The molecule has 0 aliphatic heterocycles. The van der Waals surface area contributed by atoms with Crippen LogP contribution in [0.3, 0.4) is 0 Å². The van der Waals surface area contributed by atoms with Gasteiger partial charge in [0.2, 0.25) is 0 Å². The zero-order valence-electron chi connectivity index (χ0n) is 14.5. The lowest BCUT2D eigenvalue weighted by Gasteiger charge is -2.21. The maximum Gasteiger partial charge on any atom is 0.260 e. The van der Waals surface area contributed by atoms with E-state index in [1.807, 2.05) is 55.5 Å². The first-order valence-corrected chi connectivity index (χ1v) is 9.00. The van der Waals surface area contributed by atoms with Crippen molar-refractivity contribution in [1.82, 2.24) is 4.98 Å². The molecule has 0 radical (unpaired) electrons. The van der Waals surface area contributed by atoms with Crippen LogP contribution >= 0.6 is 11.3 Å².